The molecule has 1 rings (SSSR count). The average Bonchev–Trinajstić information content (AvgIpc) is 2.29. The molecule has 0 radical (unpaired) electrons. The van der Waals surface area contributed by atoms with Gasteiger partial charge < -0.3 is 5.11 Å². The van der Waals surface area contributed by atoms with E-state index in [0.717, 1.165) is 17.1 Å². The number of hydrogen-bond acceptors (Lipinski definition) is 3. The van der Waals surface area contributed by atoms with Crippen LogP contribution in [-0.2, 0) is 15.0 Å². The standard InChI is InChI=1S/C10H20N2O4S/c1-3-7-11(2)17(15,16)12-8-5-4-6-9(12)10(13)14/h9H,3-8H2,1-2H3,(H,13,14). The number of rotatable bonds is 5. The Kier molecular flexibility index (Phi) is 4.91. The number of carboxylic acid groups (broad SMARTS) is 1. The summed E-state index contributed by atoms with van der Waals surface area (Å²) in [7, 11) is -2.14. The van der Waals surface area contributed by atoms with E-state index in [1.807, 2.05) is 6.92 Å². The SMILES string of the molecule is CCCN(C)S(=O)(=O)N1CCCCC1C(=O)O. The van der Waals surface area contributed by atoms with Gasteiger partial charge >= 0.3 is 5.97 Å². The molecule has 1 atom stereocenters. The quantitative estimate of drug-likeness (QED) is 0.785. The van der Waals surface area contributed by atoms with Crippen molar-refractivity contribution in [1.82, 2.24) is 8.61 Å². The Balaban J connectivity index is 2.91. The predicted octanol–water partition coefficient (Wildman–Crippen LogP) is 0.512. The van der Waals surface area contributed by atoms with E-state index in [2.05, 4.69) is 0 Å². The largest absolute Gasteiger partial charge is 0.480 e. The zero-order valence-electron chi connectivity index (χ0n) is 10.3. The van der Waals surface area contributed by atoms with E-state index in [1.54, 1.807) is 0 Å². The molecule has 1 N–H and O–H groups in total. The number of nitrogens with zero attached hydrogens (tertiary/aromatic N) is 2. The fraction of sp³-hybridized carbons (Fsp3) is 0.900. The van der Waals surface area contributed by atoms with Gasteiger partial charge in [-0.05, 0) is 25.7 Å². The number of hydrogen-bond donors (Lipinski definition) is 1. The van der Waals surface area contributed by atoms with Crippen molar-refractivity contribution >= 4 is 16.2 Å². The van der Waals surface area contributed by atoms with E-state index in [9.17, 15) is 13.2 Å². The molecule has 0 aromatic heterocycles. The van der Waals surface area contributed by atoms with E-state index in [-0.39, 0.29) is 0 Å². The fourth-order valence-electron chi connectivity index (χ4n) is 2.04. The molecule has 0 bridgehead atoms. The maximum atomic E-state index is 12.2. The predicted molar refractivity (Wildman–Crippen MR) is 63.8 cm³/mol. The first kappa shape index (κ1) is 14.4. The van der Waals surface area contributed by atoms with Gasteiger partial charge in [0.15, 0.2) is 0 Å². The van der Waals surface area contributed by atoms with E-state index < -0.39 is 22.2 Å². The van der Waals surface area contributed by atoms with E-state index in [0.29, 0.717) is 25.9 Å². The van der Waals surface area contributed by atoms with Crippen molar-refractivity contribution in [3.05, 3.63) is 0 Å². The lowest BCUT2D eigenvalue weighted by molar-refractivity contribution is -0.142. The molecule has 1 aliphatic rings. The maximum Gasteiger partial charge on any atom is 0.322 e. The van der Waals surface area contributed by atoms with Crippen LogP contribution in [0.4, 0.5) is 0 Å². The molecule has 0 aliphatic carbocycles. The lowest BCUT2D eigenvalue weighted by atomic mass is 10.1. The van der Waals surface area contributed by atoms with Crippen LogP contribution in [0.2, 0.25) is 0 Å². The molecular formula is C10H20N2O4S. The third kappa shape index (κ3) is 3.17. The van der Waals surface area contributed by atoms with Crippen molar-refractivity contribution < 1.29 is 18.3 Å². The molecule has 7 heteroatoms. The Bertz CT molecular complexity index is 369. The van der Waals surface area contributed by atoms with E-state index in [1.165, 1.54) is 11.4 Å². The minimum Gasteiger partial charge on any atom is -0.480 e. The van der Waals surface area contributed by atoms with E-state index in [4.69, 9.17) is 5.11 Å². The third-order valence-electron chi connectivity index (χ3n) is 2.97. The van der Waals surface area contributed by atoms with Crippen LogP contribution >= 0.6 is 0 Å². The molecule has 100 valence electrons. The van der Waals surface area contributed by atoms with Crippen LogP contribution in [0.3, 0.4) is 0 Å². The second-order valence-electron chi connectivity index (χ2n) is 4.29. The summed E-state index contributed by atoms with van der Waals surface area (Å²) in [5.41, 5.74) is 0. The number of carbonyl (C=O) groups is 1. The second kappa shape index (κ2) is 5.79. The molecule has 1 unspecified atom stereocenters. The van der Waals surface area contributed by atoms with E-state index >= 15 is 0 Å². The van der Waals surface area contributed by atoms with Crippen molar-refractivity contribution in [2.45, 2.75) is 38.6 Å². The molecule has 1 heterocycles. The molecular weight excluding hydrogens is 244 g/mol. The first-order chi connectivity index (χ1) is 7.91. The lowest BCUT2D eigenvalue weighted by Crippen LogP contribution is -2.52. The molecule has 17 heavy (non-hydrogen) atoms. The highest BCUT2D eigenvalue weighted by Crippen LogP contribution is 2.22. The summed E-state index contributed by atoms with van der Waals surface area (Å²) >= 11 is 0. The van der Waals surface area contributed by atoms with Gasteiger partial charge in [0.2, 0.25) is 0 Å². The summed E-state index contributed by atoms with van der Waals surface area (Å²) < 4.78 is 26.7. The monoisotopic (exact) mass is 264 g/mol. The smallest absolute Gasteiger partial charge is 0.322 e. The van der Waals surface area contributed by atoms with Crippen molar-refractivity contribution in [2.75, 3.05) is 20.1 Å². The van der Waals surface area contributed by atoms with Gasteiger partial charge in [0.05, 0.1) is 0 Å². The first-order valence-corrected chi connectivity index (χ1v) is 7.27. The molecule has 0 spiro atoms. The zero-order chi connectivity index (χ0) is 13.1. The van der Waals surface area contributed by atoms with Crippen molar-refractivity contribution in [3.8, 4) is 0 Å². The van der Waals surface area contributed by atoms with Gasteiger partial charge in [-0.3, -0.25) is 4.79 Å². The van der Waals surface area contributed by atoms with Crippen LogP contribution in [-0.4, -0.2) is 54.3 Å². The van der Waals surface area contributed by atoms with Gasteiger partial charge in [-0.2, -0.15) is 17.0 Å². The second-order valence-corrected chi connectivity index (χ2v) is 6.28. The van der Waals surface area contributed by atoms with Gasteiger partial charge in [-0.1, -0.05) is 6.92 Å². The van der Waals surface area contributed by atoms with Crippen LogP contribution in [0.25, 0.3) is 0 Å². The summed E-state index contributed by atoms with van der Waals surface area (Å²) in [6.45, 7) is 2.59. The van der Waals surface area contributed by atoms with Gasteiger partial charge in [0.25, 0.3) is 10.2 Å². The molecule has 1 fully saturated rings. The Morgan fingerprint density at radius 1 is 1.47 bits per heavy atom. The molecule has 0 saturated carbocycles. The Morgan fingerprint density at radius 3 is 2.65 bits per heavy atom. The minimum absolute atomic E-state index is 0.299. The third-order valence-corrected chi connectivity index (χ3v) is 4.97. The maximum absolute atomic E-state index is 12.2. The van der Waals surface area contributed by atoms with Gasteiger partial charge in [0.1, 0.15) is 6.04 Å². The highest BCUT2D eigenvalue weighted by molar-refractivity contribution is 7.86. The summed E-state index contributed by atoms with van der Waals surface area (Å²) in [6.07, 6.45) is 2.60. The molecule has 1 aliphatic heterocycles. The Hall–Kier alpha value is -0.660. The Labute approximate surface area is 102 Å². The van der Waals surface area contributed by atoms with Crippen LogP contribution < -0.4 is 0 Å². The van der Waals surface area contributed by atoms with Gasteiger partial charge in [-0.15, -0.1) is 0 Å². The summed E-state index contributed by atoms with van der Waals surface area (Å²) in [4.78, 5) is 11.1. The number of piperidine rings is 1. The van der Waals surface area contributed by atoms with Crippen LogP contribution in [0.1, 0.15) is 32.6 Å². The Morgan fingerprint density at radius 2 is 2.12 bits per heavy atom. The lowest BCUT2D eigenvalue weighted by Gasteiger charge is -2.34. The fourth-order valence-corrected chi connectivity index (χ4v) is 3.69. The summed E-state index contributed by atoms with van der Waals surface area (Å²) in [6, 6.07) is -0.909. The summed E-state index contributed by atoms with van der Waals surface area (Å²) in [5.74, 6) is -1.06. The highest BCUT2D eigenvalue weighted by atomic mass is 32.2. The molecule has 0 aromatic carbocycles. The van der Waals surface area contributed by atoms with Crippen LogP contribution in [0, 0.1) is 0 Å². The number of aliphatic carboxylic acids is 1. The van der Waals surface area contributed by atoms with Gasteiger partial charge in [0, 0.05) is 20.1 Å². The zero-order valence-corrected chi connectivity index (χ0v) is 11.1. The minimum atomic E-state index is -3.63. The molecule has 1 saturated heterocycles. The normalized spacial score (nSPS) is 22.9. The molecule has 0 aromatic rings. The van der Waals surface area contributed by atoms with Gasteiger partial charge in [-0.25, -0.2) is 0 Å². The number of carboxylic acids is 1. The van der Waals surface area contributed by atoms with Crippen molar-refractivity contribution in [2.24, 2.45) is 0 Å². The first-order valence-electron chi connectivity index (χ1n) is 5.87. The van der Waals surface area contributed by atoms with Crippen LogP contribution in [0.5, 0.6) is 0 Å². The molecule has 0 amide bonds. The average molecular weight is 264 g/mol. The highest BCUT2D eigenvalue weighted by Gasteiger charge is 2.38. The topological polar surface area (TPSA) is 77.9 Å². The van der Waals surface area contributed by atoms with Crippen LogP contribution in [0.15, 0.2) is 0 Å². The summed E-state index contributed by atoms with van der Waals surface area (Å²) in [5, 5.41) is 9.06. The molecule has 6 nitrogen and oxygen atoms in total. The van der Waals surface area contributed by atoms with Crippen molar-refractivity contribution in [1.29, 1.82) is 0 Å². The van der Waals surface area contributed by atoms with Crippen molar-refractivity contribution in [3.63, 3.8) is 0 Å².